The first-order chi connectivity index (χ1) is 4.20. The number of carbonyl (C=O) groups excluding carboxylic acids is 1. The molecule has 1 atom stereocenters. The number of hydrazine groups is 1. The Balaban J connectivity index is 2.48. The van der Waals surface area contributed by atoms with Crippen LogP contribution in [0.5, 0.6) is 0 Å². The van der Waals surface area contributed by atoms with Crippen LogP contribution in [0.15, 0.2) is 0 Å². The molecule has 5 nitrogen and oxygen atoms in total. The molecule has 0 aromatic carbocycles. The van der Waals surface area contributed by atoms with Crippen LogP contribution in [0, 0.1) is 0 Å². The molecule has 1 fully saturated rings. The molecule has 0 aromatic heterocycles. The average molecular weight is 130 g/mol. The Morgan fingerprint density at radius 3 is 2.67 bits per heavy atom. The highest BCUT2D eigenvalue weighted by Crippen LogP contribution is 1.95. The third-order valence-electron chi connectivity index (χ3n) is 1.07. The fraction of sp³-hybridized carbons (Fsp3) is 0.500. The van der Waals surface area contributed by atoms with Gasteiger partial charge in [0.1, 0.15) is 6.04 Å². The highest BCUT2D eigenvalue weighted by Gasteiger charge is 2.26. The monoisotopic (exact) mass is 130 g/mol. The fourth-order valence-electron chi connectivity index (χ4n) is 0.604. The number of carboxylic acid groups (broad SMARTS) is 1. The van der Waals surface area contributed by atoms with Crippen LogP contribution in [-0.4, -0.2) is 23.0 Å². The minimum Gasteiger partial charge on any atom is -0.480 e. The minimum absolute atomic E-state index is 0.0231. The zero-order valence-electron chi connectivity index (χ0n) is 4.55. The lowest BCUT2D eigenvalue weighted by atomic mass is 10.2. The molecule has 0 saturated carbocycles. The van der Waals surface area contributed by atoms with Gasteiger partial charge >= 0.3 is 5.97 Å². The van der Waals surface area contributed by atoms with E-state index in [0.717, 1.165) is 0 Å². The van der Waals surface area contributed by atoms with Gasteiger partial charge in [-0.3, -0.25) is 15.0 Å². The number of aliphatic carboxylic acids is 1. The predicted octanol–water partition coefficient (Wildman–Crippen LogP) is -1.54. The number of nitrogens with one attached hydrogen (secondary N) is 2. The van der Waals surface area contributed by atoms with E-state index in [0.29, 0.717) is 0 Å². The molecular weight excluding hydrogens is 124 g/mol. The first-order valence-corrected chi connectivity index (χ1v) is 2.47. The van der Waals surface area contributed by atoms with E-state index in [1.165, 1.54) is 0 Å². The number of carboxylic acids is 1. The maximum Gasteiger partial charge on any atom is 0.323 e. The second-order valence-corrected chi connectivity index (χ2v) is 1.79. The van der Waals surface area contributed by atoms with Gasteiger partial charge in [0.15, 0.2) is 0 Å². The summed E-state index contributed by atoms with van der Waals surface area (Å²) in [5, 5.41) is 8.28. The molecule has 3 N–H and O–H groups in total. The van der Waals surface area contributed by atoms with Gasteiger partial charge in [-0.25, -0.2) is 5.43 Å². The topological polar surface area (TPSA) is 78.4 Å². The van der Waals surface area contributed by atoms with Crippen molar-refractivity contribution in [3.8, 4) is 0 Å². The fourth-order valence-corrected chi connectivity index (χ4v) is 0.604. The summed E-state index contributed by atoms with van der Waals surface area (Å²) in [4.78, 5) is 20.4. The maximum absolute atomic E-state index is 10.3. The maximum atomic E-state index is 10.3. The molecule has 1 rings (SSSR count). The van der Waals surface area contributed by atoms with Crippen molar-refractivity contribution in [3.63, 3.8) is 0 Å². The molecule has 1 aliphatic heterocycles. The van der Waals surface area contributed by atoms with Crippen LogP contribution in [0.3, 0.4) is 0 Å². The molecule has 5 heteroatoms. The van der Waals surface area contributed by atoms with Gasteiger partial charge in [0.05, 0.1) is 6.42 Å². The molecule has 1 amide bonds. The lowest BCUT2D eigenvalue weighted by Gasteiger charge is -1.97. The molecule has 1 saturated heterocycles. The van der Waals surface area contributed by atoms with Gasteiger partial charge in [0, 0.05) is 0 Å². The van der Waals surface area contributed by atoms with E-state index in [4.69, 9.17) is 5.11 Å². The van der Waals surface area contributed by atoms with Crippen LogP contribution in [0.2, 0.25) is 0 Å². The van der Waals surface area contributed by atoms with Gasteiger partial charge in [0.25, 0.3) is 0 Å². The van der Waals surface area contributed by atoms with E-state index in [1.54, 1.807) is 0 Å². The Bertz CT molecular complexity index is 156. The van der Waals surface area contributed by atoms with Crippen molar-refractivity contribution in [1.29, 1.82) is 0 Å². The summed E-state index contributed by atoms with van der Waals surface area (Å²) in [6.45, 7) is 0. The van der Waals surface area contributed by atoms with Gasteiger partial charge in [-0.2, -0.15) is 0 Å². The van der Waals surface area contributed by atoms with Crippen LogP contribution in [-0.2, 0) is 9.59 Å². The molecule has 9 heavy (non-hydrogen) atoms. The molecule has 0 aliphatic carbocycles. The van der Waals surface area contributed by atoms with Crippen molar-refractivity contribution < 1.29 is 14.7 Å². The van der Waals surface area contributed by atoms with Crippen molar-refractivity contribution in [2.75, 3.05) is 0 Å². The SMILES string of the molecule is O=C1C[C@H](C(=O)O)NN1. The first-order valence-electron chi connectivity index (χ1n) is 2.47. The molecule has 0 unspecified atom stereocenters. The van der Waals surface area contributed by atoms with Crippen LogP contribution in [0.1, 0.15) is 6.42 Å². The first kappa shape index (κ1) is 6.03. The van der Waals surface area contributed by atoms with Crippen molar-refractivity contribution in [1.82, 2.24) is 10.9 Å². The largest absolute Gasteiger partial charge is 0.480 e. The smallest absolute Gasteiger partial charge is 0.323 e. The van der Waals surface area contributed by atoms with E-state index in [2.05, 4.69) is 10.9 Å². The molecule has 50 valence electrons. The van der Waals surface area contributed by atoms with Gasteiger partial charge in [0.2, 0.25) is 5.91 Å². The molecular formula is C4H6N2O3. The molecule has 0 aromatic rings. The van der Waals surface area contributed by atoms with Crippen LogP contribution < -0.4 is 10.9 Å². The third kappa shape index (κ3) is 1.17. The van der Waals surface area contributed by atoms with Gasteiger partial charge in [-0.15, -0.1) is 0 Å². The molecule has 0 radical (unpaired) electrons. The normalized spacial score (nSPS) is 25.8. The Kier molecular flexibility index (Phi) is 1.35. The van der Waals surface area contributed by atoms with Gasteiger partial charge < -0.3 is 5.11 Å². The standard InChI is InChI=1S/C4H6N2O3/c7-3-1-2(4(8)9)5-6-3/h2,5H,1H2,(H,6,7)(H,8,9)/t2-/m1/s1. The Morgan fingerprint density at radius 2 is 2.44 bits per heavy atom. The zero-order chi connectivity index (χ0) is 6.85. The van der Waals surface area contributed by atoms with E-state index in [1.807, 2.05) is 0 Å². The van der Waals surface area contributed by atoms with Gasteiger partial charge in [-0.1, -0.05) is 0 Å². The molecule has 1 heterocycles. The van der Waals surface area contributed by atoms with Crippen LogP contribution in [0.4, 0.5) is 0 Å². The van der Waals surface area contributed by atoms with E-state index in [9.17, 15) is 9.59 Å². The van der Waals surface area contributed by atoms with E-state index >= 15 is 0 Å². The van der Waals surface area contributed by atoms with Crippen molar-refractivity contribution in [2.24, 2.45) is 0 Å². The highest BCUT2D eigenvalue weighted by atomic mass is 16.4. The summed E-state index contributed by atoms with van der Waals surface area (Å²) in [6.07, 6.45) is 0.0231. The van der Waals surface area contributed by atoms with Crippen LogP contribution >= 0.6 is 0 Å². The average Bonchev–Trinajstić information content (AvgIpc) is 2.14. The van der Waals surface area contributed by atoms with Crippen molar-refractivity contribution in [3.05, 3.63) is 0 Å². The zero-order valence-corrected chi connectivity index (χ0v) is 4.55. The highest BCUT2D eigenvalue weighted by molar-refractivity contribution is 5.87. The second-order valence-electron chi connectivity index (χ2n) is 1.79. The molecule has 0 spiro atoms. The van der Waals surface area contributed by atoms with E-state index in [-0.39, 0.29) is 12.3 Å². The number of rotatable bonds is 1. The quantitative estimate of drug-likeness (QED) is 0.402. The molecule has 0 bridgehead atoms. The van der Waals surface area contributed by atoms with E-state index < -0.39 is 12.0 Å². The number of hydrogen-bond acceptors (Lipinski definition) is 3. The second kappa shape index (κ2) is 2.02. The summed E-state index contributed by atoms with van der Waals surface area (Å²) in [7, 11) is 0. The van der Waals surface area contributed by atoms with Crippen LogP contribution in [0.25, 0.3) is 0 Å². The Hall–Kier alpha value is -1.10. The Morgan fingerprint density at radius 1 is 1.78 bits per heavy atom. The summed E-state index contributed by atoms with van der Waals surface area (Å²) in [5.41, 5.74) is 4.49. The lowest BCUT2D eigenvalue weighted by molar-refractivity contribution is -0.139. The summed E-state index contributed by atoms with van der Waals surface area (Å²) in [5.74, 6) is -1.28. The summed E-state index contributed by atoms with van der Waals surface area (Å²) < 4.78 is 0. The summed E-state index contributed by atoms with van der Waals surface area (Å²) in [6, 6.07) is -0.752. The lowest BCUT2D eigenvalue weighted by Crippen LogP contribution is -2.36. The number of carbonyl (C=O) groups is 2. The summed E-state index contributed by atoms with van der Waals surface area (Å²) >= 11 is 0. The van der Waals surface area contributed by atoms with Crippen molar-refractivity contribution in [2.45, 2.75) is 12.5 Å². The molecule has 1 aliphatic rings. The van der Waals surface area contributed by atoms with Crippen molar-refractivity contribution >= 4 is 11.9 Å². The number of hydrogen-bond donors (Lipinski definition) is 3. The third-order valence-corrected chi connectivity index (χ3v) is 1.07. The number of amides is 1. The Labute approximate surface area is 51.0 Å². The van der Waals surface area contributed by atoms with Gasteiger partial charge in [-0.05, 0) is 0 Å². The predicted molar refractivity (Wildman–Crippen MR) is 27.3 cm³/mol. The minimum atomic E-state index is -1.01.